The summed E-state index contributed by atoms with van der Waals surface area (Å²) >= 11 is 0. The van der Waals surface area contributed by atoms with Gasteiger partial charge in [-0.05, 0) is 57.3 Å². The van der Waals surface area contributed by atoms with E-state index in [0.717, 1.165) is 11.1 Å². The molecule has 0 saturated carbocycles. The molecule has 0 aliphatic carbocycles. The van der Waals surface area contributed by atoms with Crippen LogP contribution < -0.4 is 10.9 Å². The molecule has 3 aromatic rings. The van der Waals surface area contributed by atoms with E-state index >= 15 is 0 Å². The average Bonchev–Trinajstić information content (AvgIpc) is 2.83. The Balaban J connectivity index is 1.51. The molecule has 0 radical (unpaired) electrons. The van der Waals surface area contributed by atoms with Crippen molar-refractivity contribution >= 4 is 24.2 Å². The van der Waals surface area contributed by atoms with E-state index in [1.165, 1.54) is 11.1 Å². The molecule has 0 atom stereocenters. The van der Waals surface area contributed by atoms with Gasteiger partial charge in [-0.1, -0.05) is 90.1 Å². The molecule has 0 spiro atoms. The highest BCUT2D eigenvalue weighted by Gasteiger charge is 2.13. The zero-order chi connectivity index (χ0) is 26.3. The van der Waals surface area contributed by atoms with Crippen molar-refractivity contribution in [3.63, 3.8) is 0 Å². The molecule has 6 heteroatoms. The summed E-state index contributed by atoms with van der Waals surface area (Å²) in [4.78, 5) is 24.7. The maximum absolute atomic E-state index is 12.4. The van der Waals surface area contributed by atoms with Gasteiger partial charge < -0.3 is 0 Å². The van der Waals surface area contributed by atoms with Gasteiger partial charge in [0.2, 0.25) is 0 Å². The Morgan fingerprint density at radius 3 is 1.14 bits per heavy atom. The molecule has 0 fully saturated rings. The van der Waals surface area contributed by atoms with Crippen LogP contribution in [0.4, 0.5) is 0 Å². The summed E-state index contributed by atoms with van der Waals surface area (Å²) < 4.78 is 0. The van der Waals surface area contributed by atoms with Crippen LogP contribution in [0.15, 0.2) is 83.0 Å². The summed E-state index contributed by atoms with van der Waals surface area (Å²) in [5, 5.41) is 8.06. The molecule has 6 nitrogen and oxygen atoms in total. The highest BCUT2D eigenvalue weighted by Crippen LogP contribution is 2.22. The van der Waals surface area contributed by atoms with Crippen LogP contribution in [0.2, 0.25) is 0 Å². The lowest BCUT2D eigenvalue weighted by Gasteiger charge is -2.18. The second-order valence-corrected chi connectivity index (χ2v) is 10.7. The quantitative estimate of drug-likeness (QED) is 0.343. The van der Waals surface area contributed by atoms with Crippen LogP contribution in [-0.4, -0.2) is 24.2 Å². The van der Waals surface area contributed by atoms with E-state index in [2.05, 4.69) is 86.9 Å². The Labute approximate surface area is 213 Å². The maximum Gasteiger partial charge on any atom is 0.271 e. The van der Waals surface area contributed by atoms with E-state index in [4.69, 9.17) is 0 Å². The van der Waals surface area contributed by atoms with Gasteiger partial charge in [-0.25, -0.2) is 10.9 Å². The van der Waals surface area contributed by atoms with Crippen molar-refractivity contribution in [2.45, 2.75) is 52.4 Å². The molecule has 3 aromatic carbocycles. The summed E-state index contributed by atoms with van der Waals surface area (Å²) in [5.74, 6) is -0.720. The van der Waals surface area contributed by atoms with Crippen LogP contribution in [-0.2, 0) is 10.8 Å². The number of amides is 2. The van der Waals surface area contributed by atoms with Gasteiger partial charge in [0.1, 0.15) is 0 Å². The van der Waals surface area contributed by atoms with Crippen LogP contribution in [0.1, 0.15) is 84.5 Å². The summed E-state index contributed by atoms with van der Waals surface area (Å²) in [5.41, 5.74) is 10.2. The van der Waals surface area contributed by atoms with E-state index in [1.807, 2.05) is 24.3 Å². The maximum atomic E-state index is 12.4. The van der Waals surface area contributed by atoms with Crippen molar-refractivity contribution in [1.82, 2.24) is 10.9 Å². The Morgan fingerprint density at radius 1 is 0.556 bits per heavy atom. The normalized spacial score (nSPS) is 12.2. The van der Waals surface area contributed by atoms with Crippen molar-refractivity contribution in [2.75, 3.05) is 0 Å². The van der Waals surface area contributed by atoms with Crippen molar-refractivity contribution < 1.29 is 9.59 Å². The lowest BCUT2D eigenvalue weighted by atomic mass is 9.87. The Hall–Kier alpha value is -4.06. The second-order valence-electron chi connectivity index (χ2n) is 10.7. The van der Waals surface area contributed by atoms with Gasteiger partial charge in [-0.15, -0.1) is 0 Å². The summed E-state index contributed by atoms with van der Waals surface area (Å²) in [7, 11) is 0. The average molecular weight is 483 g/mol. The molecular weight excluding hydrogens is 448 g/mol. The number of carbonyl (C=O) groups excluding carboxylic acids is 2. The first kappa shape index (κ1) is 26.5. The highest BCUT2D eigenvalue weighted by atomic mass is 16.2. The molecule has 36 heavy (non-hydrogen) atoms. The fourth-order valence-electron chi connectivity index (χ4n) is 3.37. The van der Waals surface area contributed by atoms with Gasteiger partial charge >= 0.3 is 0 Å². The first-order chi connectivity index (χ1) is 16.9. The molecule has 2 N–H and O–H groups in total. The monoisotopic (exact) mass is 482 g/mol. The minimum atomic E-state index is -0.360. The van der Waals surface area contributed by atoms with Gasteiger partial charge in [-0.2, -0.15) is 10.2 Å². The molecule has 186 valence electrons. The fourth-order valence-corrected chi connectivity index (χ4v) is 3.37. The number of nitrogens with zero attached hydrogens (tertiary/aromatic N) is 2. The van der Waals surface area contributed by atoms with E-state index in [9.17, 15) is 9.59 Å². The molecular formula is C30H34N4O2. The number of carbonyl (C=O) groups is 2. The minimum absolute atomic E-state index is 0.0810. The summed E-state index contributed by atoms with van der Waals surface area (Å²) in [6, 6.07) is 22.4. The van der Waals surface area contributed by atoms with Crippen LogP contribution in [0.3, 0.4) is 0 Å². The molecule has 0 heterocycles. The molecule has 0 saturated heterocycles. The third-order valence-electron chi connectivity index (χ3n) is 5.72. The summed E-state index contributed by atoms with van der Waals surface area (Å²) in [6.07, 6.45) is 3.20. The molecule has 2 amide bonds. The fraction of sp³-hybridized carbons (Fsp3) is 0.267. The van der Waals surface area contributed by atoms with Crippen molar-refractivity contribution in [1.29, 1.82) is 0 Å². The number of hydrogen-bond acceptors (Lipinski definition) is 4. The molecule has 0 aromatic heterocycles. The topological polar surface area (TPSA) is 82.9 Å². The molecule has 0 bridgehead atoms. The van der Waals surface area contributed by atoms with Gasteiger partial charge in [0.25, 0.3) is 11.8 Å². The number of nitrogens with one attached hydrogen (secondary N) is 2. The molecule has 0 unspecified atom stereocenters. The smallest absolute Gasteiger partial charge is 0.267 e. The number of rotatable bonds is 6. The Morgan fingerprint density at radius 2 is 0.861 bits per heavy atom. The van der Waals surface area contributed by atoms with Crippen LogP contribution in [0.25, 0.3) is 0 Å². The van der Waals surface area contributed by atoms with E-state index in [0.29, 0.717) is 11.1 Å². The highest BCUT2D eigenvalue weighted by molar-refractivity contribution is 5.98. The van der Waals surface area contributed by atoms with Crippen molar-refractivity contribution in [3.05, 3.63) is 106 Å². The van der Waals surface area contributed by atoms with Crippen LogP contribution in [0, 0.1) is 0 Å². The number of hydrazone groups is 2. The van der Waals surface area contributed by atoms with Gasteiger partial charge in [0.15, 0.2) is 0 Å². The largest absolute Gasteiger partial charge is 0.271 e. The molecule has 0 aliphatic heterocycles. The van der Waals surface area contributed by atoms with Crippen LogP contribution in [0.5, 0.6) is 0 Å². The third-order valence-corrected chi connectivity index (χ3v) is 5.72. The first-order valence-electron chi connectivity index (χ1n) is 11.9. The Bertz CT molecular complexity index is 1140. The predicted molar refractivity (Wildman–Crippen MR) is 147 cm³/mol. The Kier molecular flexibility index (Phi) is 8.20. The number of benzene rings is 3. The van der Waals surface area contributed by atoms with Crippen molar-refractivity contribution in [3.8, 4) is 0 Å². The molecule has 0 aliphatic rings. The lowest BCUT2D eigenvalue weighted by Crippen LogP contribution is -2.19. The summed E-state index contributed by atoms with van der Waals surface area (Å²) in [6.45, 7) is 12.9. The third kappa shape index (κ3) is 7.47. The van der Waals surface area contributed by atoms with Crippen LogP contribution >= 0.6 is 0 Å². The first-order valence-corrected chi connectivity index (χ1v) is 11.9. The lowest BCUT2D eigenvalue weighted by molar-refractivity contribution is 0.0943. The van der Waals surface area contributed by atoms with Crippen molar-refractivity contribution in [2.24, 2.45) is 10.2 Å². The standard InChI is InChI=1S/C30H34N4O2/c1-29(2,3)25-15-7-21(8-16-25)19-31-33-27(35)23-11-13-24(14-12-23)28(36)34-32-20-22-9-17-26(18-10-22)30(4,5)6/h7-20H,1-6H3,(H,33,35)(H,34,36)/b31-19+,32-20+. The van der Waals surface area contributed by atoms with Gasteiger partial charge in [0.05, 0.1) is 12.4 Å². The zero-order valence-corrected chi connectivity index (χ0v) is 21.8. The van der Waals surface area contributed by atoms with Gasteiger partial charge in [-0.3, -0.25) is 9.59 Å². The van der Waals surface area contributed by atoms with Gasteiger partial charge in [0, 0.05) is 11.1 Å². The van der Waals surface area contributed by atoms with E-state index in [1.54, 1.807) is 36.7 Å². The minimum Gasteiger partial charge on any atom is -0.267 e. The number of hydrogen-bond donors (Lipinski definition) is 2. The SMILES string of the molecule is CC(C)(C)c1ccc(/C=N/NC(=O)c2ccc(C(=O)N/N=C/c3ccc(C(C)(C)C)cc3)cc2)cc1. The van der Waals surface area contributed by atoms with E-state index in [-0.39, 0.29) is 22.6 Å². The second kappa shape index (κ2) is 11.1. The van der Waals surface area contributed by atoms with E-state index < -0.39 is 0 Å². The predicted octanol–water partition coefficient (Wildman–Crippen LogP) is 5.81. The zero-order valence-electron chi connectivity index (χ0n) is 21.8. The molecule has 3 rings (SSSR count).